The monoisotopic (exact) mass is 642 g/mol. The summed E-state index contributed by atoms with van der Waals surface area (Å²) in [4.78, 5) is 0. The van der Waals surface area contributed by atoms with Gasteiger partial charge in [-0.15, -0.1) is 0 Å². The lowest BCUT2D eigenvalue weighted by molar-refractivity contribution is 0.0179. The van der Waals surface area contributed by atoms with E-state index in [1.165, 1.54) is 77.0 Å². The van der Waals surface area contributed by atoms with Gasteiger partial charge < -0.3 is 26.6 Å². The third-order valence-electron chi connectivity index (χ3n) is 11.0. The van der Waals surface area contributed by atoms with Crippen LogP contribution >= 0.6 is 0 Å². The molecule has 0 N–H and O–H groups in total. The Morgan fingerprint density at radius 3 is 0.929 bits per heavy atom. The Hall–Kier alpha value is 0.411. The molecular weight excluding hydrogens is 577 g/mol. The van der Waals surface area contributed by atoms with Crippen LogP contribution in [-0.4, -0.2) is 62.7 Å². The summed E-state index contributed by atoms with van der Waals surface area (Å²) in [6.07, 6.45) is 21.5. The maximum atomic E-state index is 7.97. The predicted molar refractivity (Wildman–Crippen MR) is 178 cm³/mol. The van der Waals surface area contributed by atoms with E-state index in [4.69, 9.17) is 26.6 Å². The van der Waals surface area contributed by atoms with Gasteiger partial charge in [0.2, 0.25) is 0 Å². The van der Waals surface area contributed by atoms with E-state index in [1.54, 1.807) is 0 Å². The highest BCUT2D eigenvalue weighted by atomic mass is 28.5. The summed E-state index contributed by atoms with van der Waals surface area (Å²) >= 11 is 0. The van der Waals surface area contributed by atoms with Crippen LogP contribution in [0.3, 0.4) is 0 Å². The largest absolute Gasteiger partial charge is 0.412 e. The SMILES string of the molecule is CCCCOC(C)[Si]1(C2CCCC2)O[Si](C2CCCC2)(C(C)OCCCC)O[Si](C2CCCC2)(C(C)OCCCC)O1. The summed E-state index contributed by atoms with van der Waals surface area (Å²) in [6, 6.07) is 0. The molecule has 4 aliphatic rings. The molecule has 1 saturated heterocycles. The van der Waals surface area contributed by atoms with E-state index in [-0.39, 0.29) is 17.2 Å². The first-order chi connectivity index (χ1) is 20.4. The summed E-state index contributed by atoms with van der Waals surface area (Å²) < 4.78 is 44.4. The molecule has 0 aromatic carbocycles. The van der Waals surface area contributed by atoms with Gasteiger partial charge in [-0.1, -0.05) is 78.6 Å². The highest BCUT2D eigenvalue weighted by Gasteiger charge is 2.74. The molecule has 3 unspecified atom stereocenters. The Balaban J connectivity index is 1.86. The van der Waals surface area contributed by atoms with Crippen LogP contribution in [0, 0.1) is 0 Å². The van der Waals surface area contributed by atoms with Crippen LogP contribution in [0.1, 0.15) is 157 Å². The number of ether oxygens (including phenoxy) is 3. The van der Waals surface area contributed by atoms with Crippen LogP contribution in [0.25, 0.3) is 0 Å². The third-order valence-corrected chi connectivity index (χ3v) is 27.7. The first-order valence-electron chi connectivity index (χ1n) is 18.3. The maximum Gasteiger partial charge on any atom is 0.353 e. The van der Waals surface area contributed by atoms with Crippen LogP contribution in [0.5, 0.6) is 0 Å². The van der Waals surface area contributed by atoms with Crippen molar-refractivity contribution >= 4 is 25.7 Å². The molecule has 4 rings (SSSR count). The molecular formula is C33H66O6Si3. The smallest absolute Gasteiger partial charge is 0.353 e. The van der Waals surface area contributed by atoms with E-state index in [0.29, 0.717) is 16.6 Å². The number of unbranched alkanes of at least 4 members (excludes halogenated alkanes) is 3. The van der Waals surface area contributed by atoms with Crippen LogP contribution in [0.2, 0.25) is 16.6 Å². The van der Waals surface area contributed by atoms with Crippen molar-refractivity contribution in [3.05, 3.63) is 0 Å². The van der Waals surface area contributed by atoms with Gasteiger partial charge in [-0.3, -0.25) is 0 Å². The first kappa shape index (κ1) is 35.3. The summed E-state index contributed by atoms with van der Waals surface area (Å²) in [5.74, 6) is 0. The minimum atomic E-state index is -2.91. The molecule has 0 aromatic heterocycles. The summed E-state index contributed by atoms with van der Waals surface area (Å²) in [6.45, 7) is 16.1. The fourth-order valence-electron chi connectivity index (χ4n) is 8.35. The van der Waals surface area contributed by atoms with E-state index in [0.717, 1.165) is 58.3 Å². The molecule has 0 amide bonds. The van der Waals surface area contributed by atoms with Gasteiger partial charge in [0.05, 0.1) is 17.2 Å². The molecule has 9 heteroatoms. The summed E-state index contributed by atoms with van der Waals surface area (Å²) in [5.41, 5.74) is 1.36. The molecule has 3 atom stereocenters. The third kappa shape index (κ3) is 7.68. The van der Waals surface area contributed by atoms with Gasteiger partial charge in [0.1, 0.15) is 0 Å². The Labute approximate surface area is 262 Å². The zero-order valence-corrected chi connectivity index (χ0v) is 31.3. The highest BCUT2D eigenvalue weighted by molar-refractivity contribution is 6.97. The second-order valence-corrected chi connectivity index (χ2v) is 25.7. The molecule has 246 valence electrons. The summed E-state index contributed by atoms with van der Waals surface area (Å²) in [5, 5.41) is 0. The van der Waals surface area contributed by atoms with Crippen molar-refractivity contribution in [3.8, 4) is 0 Å². The van der Waals surface area contributed by atoms with Crippen molar-refractivity contribution in [2.75, 3.05) is 19.8 Å². The topological polar surface area (TPSA) is 55.4 Å². The summed E-state index contributed by atoms with van der Waals surface area (Å²) in [7, 11) is -8.74. The quantitative estimate of drug-likeness (QED) is 0.110. The van der Waals surface area contributed by atoms with E-state index >= 15 is 0 Å². The molecule has 0 spiro atoms. The molecule has 3 aliphatic carbocycles. The van der Waals surface area contributed by atoms with Crippen molar-refractivity contribution in [2.45, 2.75) is 191 Å². The molecule has 0 aromatic rings. The lowest BCUT2D eigenvalue weighted by Gasteiger charge is -2.61. The minimum Gasteiger partial charge on any atom is -0.412 e. The Bertz CT molecular complexity index is 663. The lowest BCUT2D eigenvalue weighted by Crippen LogP contribution is -2.81. The van der Waals surface area contributed by atoms with Gasteiger partial charge in [0.15, 0.2) is 0 Å². The number of rotatable bonds is 18. The van der Waals surface area contributed by atoms with Gasteiger partial charge >= 0.3 is 25.7 Å². The number of hydrogen-bond donors (Lipinski definition) is 0. The van der Waals surface area contributed by atoms with Crippen molar-refractivity contribution in [1.29, 1.82) is 0 Å². The first-order valence-corrected chi connectivity index (χ1v) is 24.2. The second-order valence-electron chi connectivity index (χ2n) is 14.0. The Kier molecular flexibility index (Phi) is 14.1. The van der Waals surface area contributed by atoms with E-state index < -0.39 is 25.7 Å². The van der Waals surface area contributed by atoms with Crippen LogP contribution in [0.15, 0.2) is 0 Å². The van der Waals surface area contributed by atoms with Crippen LogP contribution < -0.4 is 0 Å². The van der Waals surface area contributed by atoms with Crippen molar-refractivity contribution in [2.24, 2.45) is 0 Å². The normalized spacial score (nSPS) is 33.9. The van der Waals surface area contributed by atoms with Crippen molar-refractivity contribution in [3.63, 3.8) is 0 Å². The molecule has 4 fully saturated rings. The standard InChI is InChI=1S/C33H66O6Si3/c1-7-10-25-34-28(4)40(31-19-13-14-20-31)37-41(32-21-15-16-22-32,29(5)35-26-11-8-2)39-42(38-40,33-23-17-18-24-33)30(6)36-27-12-9-3/h28-33H,7-27H2,1-6H3. The van der Waals surface area contributed by atoms with Gasteiger partial charge in [0.25, 0.3) is 0 Å². The van der Waals surface area contributed by atoms with Crippen molar-refractivity contribution in [1.82, 2.24) is 0 Å². The van der Waals surface area contributed by atoms with Gasteiger partial charge in [-0.2, -0.15) is 0 Å². The zero-order chi connectivity index (χ0) is 30.1. The van der Waals surface area contributed by atoms with Crippen LogP contribution in [0.4, 0.5) is 0 Å². The molecule has 1 heterocycles. The van der Waals surface area contributed by atoms with E-state index in [1.807, 2.05) is 0 Å². The Morgan fingerprint density at radius 2 is 0.714 bits per heavy atom. The van der Waals surface area contributed by atoms with Gasteiger partial charge in [-0.05, 0) is 78.6 Å². The molecule has 0 radical (unpaired) electrons. The average molecular weight is 643 g/mol. The molecule has 6 nitrogen and oxygen atoms in total. The van der Waals surface area contributed by atoms with Crippen molar-refractivity contribution < 1.29 is 26.6 Å². The lowest BCUT2D eigenvalue weighted by atomic mass is 10.4. The highest BCUT2D eigenvalue weighted by Crippen LogP contribution is 2.57. The van der Waals surface area contributed by atoms with Gasteiger partial charge in [0, 0.05) is 36.4 Å². The zero-order valence-electron chi connectivity index (χ0n) is 28.3. The van der Waals surface area contributed by atoms with E-state index in [9.17, 15) is 0 Å². The fraction of sp³-hybridized carbons (Fsp3) is 1.00. The average Bonchev–Trinajstić information content (AvgIpc) is 3.81. The maximum absolute atomic E-state index is 7.97. The second kappa shape index (κ2) is 16.8. The Morgan fingerprint density at radius 1 is 0.476 bits per heavy atom. The minimum absolute atomic E-state index is 0.0108. The molecule has 3 saturated carbocycles. The number of hydrogen-bond acceptors (Lipinski definition) is 6. The molecule has 42 heavy (non-hydrogen) atoms. The van der Waals surface area contributed by atoms with E-state index in [2.05, 4.69) is 41.5 Å². The van der Waals surface area contributed by atoms with Crippen LogP contribution in [-0.2, 0) is 26.6 Å². The fourth-order valence-corrected chi connectivity index (χ4v) is 30.6. The molecule has 1 aliphatic heterocycles. The van der Waals surface area contributed by atoms with Gasteiger partial charge in [-0.25, -0.2) is 0 Å². The predicted octanol–water partition coefficient (Wildman–Crippen LogP) is 9.44. The molecule has 0 bridgehead atoms.